The number of nitrogens with zero attached hydrogens (tertiary/aromatic N) is 1. The summed E-state index contributed by atoms with van der Waals surface area (Å²) < 4.78 is 18.4. The Kier molecular flexibility index (Phi) is 5.24. The summed E-state index contributed by atoms with van der Waals surface area (Å²) in [5.74, 6) is 0. The molecule has 1 aliphatic heterocycles. The Balaban J connectivity index is 1.50. The van der Waals surface area contributed by atoms with Gasteiger partial charge >= 0.3 is 5.69 Å². The fraction of sp³-hybridized carbons (Fsp3) is 0.412. The van der Waals surface area contributed by atoms with Crippen LogP contribution in [0.2, 0.25) is 0 Å². The standard InChI is InChI=1S/C17H20N2O5/c1-12-7-19(17(21)18-16(12)20)15-11-23-14(10-24-15)9-22-8-13-5-3-2-4-6-13/h2-7,14-15H,8-11H2,1H3,(H,18,20,21). The maximum absolute atomic E-state index is 11.8. The van der Waals surface area contributed by atoms with Crippen LogP contribution >= 0.6 is 0 Å². The number of aromatic amines is 1. The molecule has 0 spiro atoms. The Morgan fingerprint density at radius 1 is 1.21 bits per heavy atom. The summed E-state index contributed by atoms with van der Waals surface area (Å²) in [6.45, 7) is 3.12. The molecule has 2 atom stereocenters. The van der Waals surface area contributed by atoms with Gasteiger partial charge in [0.1, 0.15) is 6.10 Å². The van der Waals surface area contributed by atoms with Crippen LogP contribution in [0.3, 0.4) is 0 Å². The van der Waals surface area contributed by atoms with E-state index in [0.29, 0.717) is 25.4 Å². The van der Waals surface area contributed by atoms with Gasteiger partial charge in [-0.2, -0.15) is 0 Å². The zero-order valence-electron chi connectivity index (χ0n) is 13.4. The van der Waals surface area contributed by atoms with Gasteiger partial charge in [0.2, 0.25) is 0 Å². The molecular weight excluding hydrogens is 312 g/mol. The second-order valence-electron chi connectivity index (χ2n) is 5.72. The predicted octanol–water partition coefficient (Wildman–Crippen LogP) is 0.976. The van der Waals surface area contributed by atoms with Crippen molar-refractivity contribution >= 4 is 0 Å². The Bertz CT molecular complexity index is 776. The third-order valence-electron chi connectivity index (χ3n) is 3.82. The second-order valence-corrected chi connectivity index (χ2v) is 5.72. The molecule has 0 saturated carbocycles. The lowest BCUT2D eigenvalue weighted by atomic mass is 10.2. The lowest BCUT2D eigenvalue weighted by Crippen LogP contribution is -2.41. The van der Waals surface area contributed by atoms with E-state index in [-0.39, 0.29) is 18.3 Å². The Morgan fingerprint density at radius 2 is 2.00 bits per heavy atom. The number of rotatable bonds is 5. The summed E-state index contributed by atoms with van der Waals surface area (Å²) in [5.41, 5.74) is 0.659. The normalized spacial score (nSPS) is 20.9. The van der Waals surface area contributed by atoms with Gasteiger partial charge in [-0.3, -0.25) is 14.3 Å². The first-order chi connectivity index (χ1) is 11.6. The molecule has 0 amide bonds. The van der Waals surface area contributed by atoms with Crippen LogP contribution in [0.25, 0.3) is 0 Å². The van der Waals surface area contributed by atoms with Gasteiger partial charge in [-0.1, -0.05) is 30.3 Å². The van der Waals surface area contributed by atoms with Gasteiger partial charge in [-0.15, -0.1) is 0 Å². The second kappa shape index (κ2) is 7.57. The van der Waals surface area contributed by atoms with Gasteiger partial charge in [-0.25, -0.2) is 4.79 Å². The Hall–Kier alpha value is -2.22. The quantitative estimate of drug-likeness (QED) is 0.882. The number of benzene rings is 1. The number of aromatic nitrogens is 2. The van der Waals surface area contributed by atoms with Gasteiger partial charge in [-0.05, 0) is 12.5 Å². The minimum atomic E-state index is -0.543. The van der Waals surface area contributed by atoms with E-state index >= 15 is 0 Å². The molecule has 0 bridgehead atoms. The van der Waals surface area contributed by atoms with E-state index in [4.69, 9.17) is 14.2 Å². The molecule has 2 aromatic rings. The van der Waals surface area contributed by atoms with Crippen molar-refractivity contribution in [1.29, 1.82) is 0 Å². The van der Waals surface area contributed by atoms with Crippen molar-refractivity contribution in [2.45, 2.75) is 25.9 Å². The van der Waals surface area contributed by atoms with Crippen molar-refractivity contribution in [2.75, 3.05) is 19.8 Å². The van der Waals surface area contributed by atoms with Gasteiger partial charge in [0.25, 0.3) is 5.56 Å². The van der Waals surface area contributed by atoms with Crippen LogP contribution < -0.4 is 11.2 Å². The molecule has 7 nitrogen and oxygen atoms in total. The van der Waals surface area contributed by atoms with Gasteiger partial charge in [0, 0.05) is 11.8 Å². The summed E-state index contributed by atoms with van der Waals surface area (Å²) in [4.78, 5) is 25.5. The molecule has 1 saturated heterocycles. The molecule has 1 aliphatic rings. The van der Waals surface area contributed by atoms with E-state index in [0.717, 1.165) is 5.56 Å². The van der Waals surface area contributed by atoms with Crippen molar-refractivity contribution in [1.82, 2.24) is 9.55 Å². The van der Waals surface area contributed by atoms with E-state index in [2.05, 4.69) is 4.98 Å². The highest BCUT2D eigenvalue weighted by Gasteiger charge is 2.24. The lowest BCUT2D eigenvalue weighted by molar-refractivity contribution is -0.178. The van der Waals surface area contributed by atoms with E-state index in [1.165, 1.54) is 10.8 Å². The summed E-state index contributed by atoms with van der Waals surface area (Å²) >= 11 is 0. The molecule has 2 unspecified atom stereocenters. The van der Waals surface area contributed by atoms with Gasteiger partial charge < -0.3 is 14.2 Å². The first kappa shape index (κ1) is 16.6. The van der Waals surface area contributed by atoms with E-state index in [1.807, 2.05) is 30.3 Å². The monoisotopic (exact) mass is 332 g/mol. The van der Waals surface area contributed by atoms with E-state index in [1.54, 1.807) is 6.92 Å². The van der Waals surface area contributed by atoms with Crippen LogP contribution in [0.5, 0.6) is 0 Å². The minimum Gasteiger partial charge on any atom is -0.374 e. The first-order valence-corrected chi connectivity index (χ1v) is 7.80. The first-order valence-electron chi connectivity index (χ1n) is 7.80. The molecule has 3 rings (SSSR count). The van der Waals surface area contributed by atoms with Crippen molar-refractivity contribution in [3.8, 4) is 0 Å². The van der Waals surface area contributed by atoms with Crippen LogP contribution in [0, 0.1) is 6.92 Å². The zero-order valence-corrected chi connectivity index (χ0v) is 13.4. The fourth-order valence-electron chi connectivity index (χ4n) is 2.47. The van der Waals surface area contributed by atoms with Gasteiger partial charge in [0.05, 0.1) is 26.4 Å². The van der Waals surface area contributed by atoms with E-state index < -0.39 is 11.9 Å². The molecule has 128 valence electrons. The lowest BCUT2D eigenvalue weighted by Gasteiger charge is -2.30. The van der Waals surface area contributed by atoms with Crippen molar-refractivity contribution in [3.05, 3.63) is 68.5 Å². The molecule has 2 heterocycles. The summed E-state index contributed by atoms with van der Waals surface area (Å²) in [6, 6.07) is 9.89. The molecule has 0 aliphatic carbocycles. The molecule has 1 aromatic carbocycles. The maximum Gasteiger partial charge on any atom is 0.330 e. The molecule has 0 radical (unpaired) electrons. The number of hydrogen-bond donors (Lipinski definition) is 1. The van der Waals surface area contributed by atoms with Crippen LogP contribution in [-0.2, 0) is 20.8 Å². The summed E-state index contributed by atoms with van der Waals surface area (Å²) in [6.07, 6.45) is 0.768. The molecule has 1 N–H and O–H groups in total. The van der Waals surface area contributed by atoms with Crippen molar-refractivity contribution in [2.24, 2.45) is 0 Å². The highest BCUT2D eigenvalue weighted by molar-refractivity contribution is 5.13. The maximum atomic E-state index is 11.8. The third kappa shape index (κ3) is 4.00. The third-order valence-corrected chi connectivity index (χ3v) is 3.82. The molecule has 1 aromatic heterocycles. The topological polar surface area (TPSA) is 82.6 Å². The van der Waals surface area contributed by atoms with Crippen LogP contribution in [0.4, 0.5) is 0 Å². The predicted molar refractivity (Wildman–Crippen MR) is 86.9 cm³/mol. The van der Waals surface area contributed by atoms with Gasteiger partial charge in [0.15, 0.2) is 6.23 Å². The summed E-state index contributed by atoms with van der Waals surface area (Å²) in [5, 5.41) is 0. The van der Waals surface area contributed by atoms with E-state index in [9.17, 15) is 9.59 Å². The Labute approximate surface area is 138 Å². The number of ether oxygens (including phenoxy) is 3. The zero-order chi connectivity index (χ0) is 16.9. The number of aryl methyl sites for hydroxylation is 1. The minimum absolute atomic E-state index is 0.176. The van der Waals surface area contributed by atoms with Crippen molar-refractivity contribution < 1.29 is 14.2 Å². The molecule has 24 heavy (non-hydrogen) atoms. The van der Waals surface area contributed by atoms with Crippen molar-refractivity contribution in [3.63, 3.8) is 0 Å². The molecular formula is C17H20N2O5. The average Bonchev–Trinajstić information content (AvgIpc) is 2.60. The number of hydrogen-bond acceptors (Lipinski definition) is 5. The van der Waals surface area contributed by atoms with Crippen LogP contribution in [0.1, 0.15) is 17.4 Å². The fourth-order valence-corrected chi connectivity index (χ4v) is 2.47. The molecule has 1 fully saturated rings. The number of nitrogens with one attached hydrogen (secondary N) is 1. The number of H-pyrrole nitrogens is 1. The highest BCUT2D eigenvalue weighted by Crippen LogP contribution is 2.15. The van der Waals surface area contributed by atoms with Crippen LogP contribution in [-0.4, -0.2) is 35.5 Å². The smallest absolute Gasteiger partial charge is 0.330 e. The average molecular weight is 332 g/mol. The summed E-state index contributed by atoms with van der Waals surface area (Å²) in [7, 11) is 0. The molecule has 7 heteroatoms. The Morgan fingerprint density at radius 3 is 2.71 bits per heavy atom. The largest absolute Gasteiger partial charge is 0.374 e. The SMILES string of the molecule is Cc1cn(C2COC(COCc3ccccc3)CO2)c(=O)[nH]c1=O. The van der Waals surface area contributed by atoms with Crippen LogP contribution in [0.15, 0.2) is 46.1 Å². The highest BCUT2D eigenvalue weighted by atomic mass is 16.6.